The minimum absolute atomic E-state index is 0.875. The molecule has 1 atom stereocenters. The van der Waals surface area contributed by atoms with Crippen LogP contribution in [0, 0.1) is 0 Å². The Morgan fingerprint density at radius 2 is 2.22 bits per heavy atom. The molecule has 0 bridgehead atoms. The second-order valence-electron chi connectivity index (χ2n) is 1.20. The Bertz CT molecular complexity index is 116. The molecule has 0 saturated heterocycles. The summed E-state index contributed by atoms with van der Waals surface area (Å²) in [5.41, 5.74) is 0. The van der Waals surface area contributed by atoms with Crippen LogP contribution in [0.4, 0.5) is 8.78 Å². The molecule has 0 fully saturated rings. The van der Waals surface area contributed by atoms with Gasteiger partial charge in [0.2, 0.25) is 11.1 Å². The van der Waals surface area contributed by atoms with Crippen LogP contribution >= 0.6 is 0 Å². The zero-order valence-corrected chi connectivity index (χ0v) is 5.45. The van der Waals surface area contributed by atoms with Crippen LogP contribution in [0.25, 0.3) is 0 Å². The van der Waals surface area contributed by atoms with E-state index in [4.69, 9.17) is 5.11 Å². The number of hydrogen-bond acceptors (Lipinski definition) is 3. The summed E-state index contributed by atoms with van der Waals surface area (Å²) in [6, 6.07) is 0. The summed E-state index contributed by atoms with van der Waals surface area (Å²) in [4.78, 5) is 0. The van der Waals surface area contributed by atoms with Gasteiger partial charge in [-0.25, -0.2) is 4.21 Å². The van der Waals surface area contributed by atoms with Crippen molar-refractivity contribution in [2.75, 3.05) is 13.7 Å². The van der Waals surface area contributed by atoms with Crippen molar-refractivity contribution in [1.29, 1.82) is 0 Å². The average molecular weight is 160 g/mol. The van der Waals surface area contributed by atoms with Gasteiger partial charge in [0.25, 0.3) is 0 Å². The first-order chi connectivity index (χ1) is 4.04. The van der Waals surface area contributed by atoms with Crippen LogP contribution in [0.15, 0.2) is 0 Å². The van der Waals surface area contributed by atoms with E-state index in [0.29, 0.717) is 0 Å². The first kappa shape index (κ1) is 8.93. The van der Waals surface area contributed by atoms with Gasteiger partial charge >= 0.3 is 5.25 Å². The summed E-state index contributed by atoms with van der Waals surface area (Å²) >= 11 is -2.72. The van der Waals surface area contributed by atoms with E-state index in [1.165, 1.54) is 0 Å². The molecule has 1 N–H and O–H groups in total. The highest BCUT2D eigenvalue weighted by atomic mass is 32.2. The molecular weight excluding hydrogens is 154 g/mol. The van der Waals surface area contributed by atoms with Gasteiger partial charge in [0.15, 0.2) is 0 Å². The van der Waals surface area contributed by atoms with Crippen molar-refractivity contribution in [3.63, 3.8) is 0 Å². The van der Waals surface area contributed by atoms with Crippen LogP contribution in [0.1, 0.15) is 0 Å². The monoisotopic (exact) mass is 160 g/mol. The molecule has 0 aromatic carbocycles. The Kier molecular flexibility index (Phi) is 3.16. The number of aliphatic hydroxyl groups excluding tert-OH is 1. The lowest BCUT2D eigenvalue weighted by Crippen LogP contribution is -2.28. The predicted octanol–water partition coefficient (Wildman–Crippen LogP) is -0.118. The van der Waals surface area contributed by atoms with Gasteiger partial charge in [-0.05, 0) is 0 Å². The van der Waals surface area contributed by atoms with Crippen molar-refractivity contribution in [3.8, 4) is 0 Å². The van der Waals surface area contributed by atoms with E-state index in [2.05, 4.69) is 4.18 Å². The lowest BCUT2D eigenvalue weighted by molar-refractivity contribution is 0.0235. The van der Waals surface area contributed by atoms with Crippen molar-refractivity contribution in [2.24, 2.45) is 0 Å². The third-order valence-electron chi connectivity index (χ3n) is 0.579. The molecule has 6 heteroatoms. The van der Waals surface area contributed by atoms with Crippen molar-refractivity contribution >= 4 is 11.1 Å². The van der Waals surface area contributed by atoms with Gasteiger partial charge in [-0.2, -0.15) is 8.78 Å². The summed E-state index contributed by atoms with van der Waals surface area (Å²) in [6.07, 6.45) is 0. The zero-order valence-electron chi connectivity index (χ0n) is 4.63. The van der Waals surface area contributed by atoms with Crippen LogP contribution in [-0.4, -0.2) is 28.3 Å². The third-order valence-corrected chi connectivity index (χ3v) is 1.50. The van der Waals surface area contributed by atoms with Gasteiger partial charge in [-0.1, -0.05) is 0 Å². The fourth-order valence-electron chi connectivity index (χ4n) is 0.175. The van der Waals surface area contributed by atoms with Crippen molar-refractivity contribution < 1.29 is 22.3 Å². The molecule has 3 nitrogen and oxygen atoms in total. The van der Waals surface area contributed by atoms with Crippen molar-refractivity contribution in [2.45, 2.75) is 5.25 Å². The Morgan fingerprint density at radius 3 is 2.33 bits per heavy atom. The van der Waals surface area contributed by atoms with E-state index >= 15 is 0 Å². The van der Waals surface area contributed by atoms with Gasteiger partial charge in [-0.3, -0.25) is 4.18 Å². The second kappa shape index (κ2) is 3.19. The molecule has 1 unspecified atom stereocenters. The van der Waals surface area contributed by atoms with Crippen molar-refractivity contribution in [1.82, 2.24) is 0 Å². The average Bonchev–Trinajstić information content (AvgIpc) is 1.86. The summed E-state index contributed by atoms with van der Waals surface area (Å²) in [7, 11) is 0.875. The Balaban J connectivity index is 3.97. The maximum absolute atomic E-state index is 11.9. The summed E-state index contributed by atoms with van der Waals surface area (Å²) in [5.74, 6) is 0. The van der Waals surface area contributed by atoms with Crippen LogP contribution in [0.5, 0.6) is 0 Å². The van der Waals surface area contributed by atoms with Gasteiger partial charge in [0.05, 0.1) is 7.11 Å². The molecule has 0 aromatic heterocycles. The minimum Gasteiger partial charge on any atom is -0.389 e. The number of aliphatic hydroxyl groups is 1. The standard InChI is InChI=1S/C3H6F2O3S/c1-8-9(7)3(4,5)2-6/h6H,2H2,1H3. The Labute approximate surface area is 53.3 Å². The molecule has 9 heavy (non-hydrogen) atoms. The fourth-order valence-corrected chi connectivity index (χ4v) is 0.524. The SMILES string of the molecule is COS(=O)C(F)(F)CO. The molecule has 0 radical (unpaired) electrons. The lowest BCUT2D eigenvalue weighted by atomic mass is 10.8. The van der Waals surface area contributed by atoms with E-state index in [1.54, 1.807) is 0 Å². The molecule has 0 saturated carbocycles. The highest BCUT2D eigenvalue weighted by Gasteiger charge is 2.36. The van der Waals surface area contributed by atoms with Gasteiger partial charge in [0, 0.05) is 0 Å². The van der Waals surface area contributed by atoms with Crippen LogP contribution in [-0.2, 0) is 15.3 Å². The fraction of sp³-hybridized carbons (Fsp3) is 1.00. The van der Waals surface area contributed by atoms with Gasteiger partial charge < -0.3 is 5.11 Å². The second-order valence-corrected chi connectivity index (χ2v) is 2.60. The van der Waals surface area contributed by atoms with E-state index in [1.807, 2.05) is 0 Å². The minimum atomic E-state index is -3.64. The number of rotatable bonds is 3. The third kappa shape index (κ3) is 2.33. The molecular formula is C3H6F2O3S. The summed E-state index contributed by atoms with van der Waals surface area (Å²) in [5, 5.41) is 4.23. The quantitative estimate of drug-likeness (QED) is 0.626. The number of hydrogen-bond donors (Lipinski definition) is 1. The van der Waals surface area contributed by atoms with Crippen LogP contribution in [0.3, 0.4) is 0 Å². The predicted molar refractivity (Wildman–Crippen MR) is 27.2 cm³/mol. The normalized spacial score (nSPS) is 15.6. The summed E-state index contributed by atoms with van der Waals surface area (Å²) < 4.78 is 37.6. The van der Waals surface area contributed by atoms with E-state index in [0.717, 1.165) is 7.11 Å². The zero-order chi connectivity index (χ0) is 7.49. The molecule has 0 aliphatic heterocycles. The molecule has 0 rings (SSSR count). The molecule has 56 valence electrons. The highest BCUT2D eigenvalue weighted by Crippen LogP contribution is 2.17. The van der Waals surface area contributed by atoms with Crippen LogP contribution < -0.4 is 0 Å². The topological polar surface area (TPSA) is 46.5 Å². The maximum Gasteiger partial charge on any atom is 0.367 e. The maximum atomic E-state index is 11.9. The Morgan fingerprint density at radius 1 is 1.78 bits per heavy atom. The number of halogens is 2. The number of alkyl halides is 2. The van der Waals surface area contributed by atoms with Gasteiger partial charge in [-0.15, -0.1) is 0 Å². The lowest BCUT2D eigenvalue weighted by Gasteiger charge is -2.08. The Hall–Kier alpha value is -0.0700. The van der Waals surface area contributed by atoms with E-state index in [-0.39, 0.29) is 0 Å². The largest absolute Gasteiger partial charge is 0.389 e. The first-order valence-electron chi connectivity index (χ1n) is 1.99. The van der Waals surface area contributed by atoms with Gasteiger partial charge in [0.1, 0.15) is 6.61 Å². The first-order valence-corrected chi connectivity index (χ1v) is 3.07. The molecule has 0 aromatic rings. The van der Waals surface area contributed by atoms with Crippen LogP contribution in [0.2, 0.25) is 0 Å². The molecule has 0 spiro atoms. The molecule has 0 amide bonds. The summed E-state index contributed by atoms with van der Waals surface area (Å²) in [6.45, 7) is -1.46. The molecule has 0 heterocycles. The molecule has 0 aliphatic rings. The van der Waals surface area contributed by atoms with Crippen molar-refractivity contribution in [3.05, 3.63) is 0 Å². The molecule has 0 aliphatic carbocycles. The van der Waals surface area contributed by atoms with E-state index in [9.17, 15) is 13.0 Å². The highest BCUT2D eigenvalue weighted by molar-refractivity contribution is 7.81. The smallest absolute Gasteiger partial charge is 0.367 e. The van der Waals surface area contributed by atoms with E-state index < -0.39 is 22.9 Å².